The van der Waals surface area contributed by atoms with Crippen molar-refractivity contribution in [3.05, 3.63) is 76.3 Å². The number of carbonyl (C=O) groups excluding carboxylic acids is 2. The van der Waals surface area contributed by atoms with E-state index in [1.54, 1.807) is 37.3 Å². The van der Waals surface area contributed by atoms with Crippen LogP contribution in [0.15, 0.2) is 65.6 Å². The number of amides is 2. The molecule has 0 aromatic heterocycles. The molecule has 0 radical (unpaired) electrons. The second-order valence-electron chi connectivity index (χ2n) is 9.27. The maximum Gasteiger partial charge on any atom is 0.243 e. The Hall–Kier alpha value is -2.65. The van der Waals surface area contributed by atoms with Gasteiger partial charge in [0, 0.05) is 29.7 Å². The van der Waals surface area contributed by atoms with Crippen LogP contribution < -0.4 is 5.32 Å². The Morgan fingerprint density at radius 1 is 0.947 bits per heavy atom. The third-order valence-electron chi connectivity index (χ3n) is 6.53. The van der Waals surface area contributed by atoms with Gasteiger partial charge in [0.25, 0.3) is 0 Å². The summed E-state index contributed by atoms with van der Waals surface area (Å²) in [4.78, 5) is 28.3. The molecule has 0 bridgehead atoms. The van der Waals surface area contributed by atoms with E-state index in [0.717, 1.165) is 21.5 Å². The lowest BCUT2D eigenvalue weighted by atomic mass is 10.1. The summed E-state index contributed by atoms with van der Waals surface area (Å²) < 4.78 is 27.8. The number of nitrogens with one attached hydrogen (secondary N) is 1. The summed E-state index contributed by atoms with van der Waals surface area (Å²) >= 11 is 12.4. The zero-order valence-electron chi connectivity index (χ0n) is 21.9. The normalized spacial score (nSPS) is 13.3. The SMILES string of the molecule is CC[C@@H](C)NC(=O)[C@@H](CC)N(Cc1ccc(Cl)cc1Cl)C(=O)CN(C)S(=O)(=O)c1ccc2ccccc2c1. The lowest BCUT2D eigenvalue weighted by Gasteiger charge is -2.32. The molecule has 0 saturated heterocycles. The molecule has 0 aliphatic rings. The average Bonchev–Trinajstić information content (AvgIpc) is 2.89. The minimum atomic E-state index is -3.98. The van der Waals surface area contributed by atoms with E-state index in [9.17, 15) is 18.0 Å². The summed E-state index contributed by atoms with van der Waals surface area (Å²) in [6, 6.07) is 16.3. The zero-order valence-corrected chi connectivity index (χ0v) is 24.3. The summed E-state index contributed by atoms with van der Waals surface area (Å²) in [5.74, 6) is -0.825. The van der Waals surface area contributed by atoms with Crippen LogP contribution in [0.4, 0.5) is 0 Å². The van der Waals surface area contributed by atoms with Crippen molar-refractivity contribution in [3.8, 4) is 0 Å². The van der Waals surface area contributed by atoms with E-state index in [4.69, 9.17) is 23.2 Å². The van der Waals surface area contributed by atoms with Crippen molar-refractivity contribution in [2.75, 3.05) is 13.6 Å². The lowest BCUT2D eigenvalue weighted by molar-refractivity contribution is -0.141. The summed E-state index contributed by atoms with van der Waals surface area (Å²) in [5, 5.41) is 5.42. The predicted octanol–water partition coefficient (Wildman–Crippen LogP) is 5.49. The molecule has 3 rings (SSSR count). The third-order valence-corrected chi connectivity index (χ3v) is 8.92. The van der Waals surface area contributed by atoms with Crippen LogP contribution in [0.5, 0.6) is 0 Å². The largest absolute Gasteiger partial charge is 0.352 e. The van der Waals surface area contributed by atoms with Crippen molar-refractivity contribution >= 4 is 55.8 Å². The number of halogens is 2. The molecule has 204 valence electrons. The summed E-state index contributed by atoms with van der Waals surface area (Å²) in [5.41, 5.74) is 0.597. The first-order chi connectivity index (χ1) is 18.0. The van der Waals surface area contributed by atoms with Gasteiger partial charge in [0.05, 0.1) is 11.4 Å². The molecular formula is C28H33Cl2N3O4S. The molecule has 3 aromatic carbocycles. The van der Waals surface area contributed by atoms with Gasteiger partial charge in [-0.25, -0.2) is 8.42 Å². The van der Waals surface area contributed by atoms with Crippen LogP contribution in [0, 0.1) is 0 Å². The van der Waals surface area contributed by atoms with E-state index in [1.807, 2.05) is 38.1 Å². The lowest BCUT2D eigenvalue weighted by Crippen LogP contribution is -2.53. The Balaban J connectivity index is 1.91. The van der Waals surface area contributed by atoms with E-state index in [2.05, 4.69) is 5.32 Å². The van der Waals surface area contributed by atoms with Crippen LogP contribution >= 0.6 is 23.2 Å². The number of likely N-dealkylation sites (N-methyl/N-ethyl adjacent to an activating group) is 1. The molecule has 3 aromatic rings. The molecule has 0 fully saturated rings. The fraction of sp³-hybridized carbons (Fsp3) is 0.357. The van der Waals surface area contributed by atoms with Gasteiger partial charge in [0.2, 0.25) is 21.8 Å². The fourth-order valence-electron chi connectivity index (χ4n) is 4.07. The van der Waals surface area contributed by atoms with Crippen LogP contribution in [0.3, 0.4) is 0 Å². The number of fused-ring (bicyclic) bond motifs is 1. The maximum atomic E-state index is 13.7. The van der Waals surface area contributed by atoms with Gasteiger partial charge in [-0.15, -0.1) is 0 Å². The van der Waals surface area contributed by atoms with Crippen molar-refractivity contribution in [1.29, 1.82) is 0 Å². The molecule has 0 saturated carbocycles. The summed E-state index contributed by atoms with van der Waals surface area (Å²) in [6.45, 7) is 5.21. The molecule has 2 amide bonds. The van der Waals surface area contributed by atoms with Crippen LogP contribution in [-0.4, -0.2) is 55.1 Å². The Morgan fingerprint density at radius 3 is 2.26 bits per heavy atom. The van der Waals surface area contributed by atoms with Crippen LogP contribution in [0.2, 0.25) is 10.0 Å². The Morgan fingerprint density at radius 2 is 1.63 bits per heavy atom. The Labute approximate surface area is 234 Å². The molecule has 0 aliphatic carbocycles. The number of sulfonamides is 1. The summed E-state index contributed by atoms with van der Waals surface area (Å²) in [6.07, 6.45) is 1.06. The minimum absolute atomic E-state index is 0.0190. The second kappa shape index (κ2) is 12.9. The van der Waals surface area contributed by atoms with E-state index in [0.29, 0.717) is 22.0 Å². The van der Waals surface area contributed by atoms with Gasteiger partial charge in [-0.1, -0.05) is 73.4 Å². The molecule has 2 atom stereocenters. The number of hydrogen-bond acceptors (Lipinski definition) is 4. The number of rotatable bonds is 11. The highest BCUT2D eigenvalue weighted by molar-refractivity contribution is 7.89. The highest BCUT2D eigenvalue weighted by Gasteiger charge is 2.32. The van der Waals surface area contributed by atoms with Crippen LogP contribution in [-0.2, 0) is 26.2 Å². The minimum Gasteiger partial charge on any atom is -0.352 e. The van der Waals surface area contributed by atoms with Gasteiger partial charge in [-0.3, -0.25) is 9.59 Å². The van der Waals surface area contributed by atoms with Gasteiger partial charge in [-0.05, 0) is 60.4 Å². The Bertz CT molecular complexity index is 1410. The van der Waals surface area contributed by atoms with Crippen LogP contribution in [0.25, 0.3) is 10.8 Å². The monoisotopic (exact) mass is 577 g/mol. The van der Waals surface area contributed by atoms with Crippen molar-refractivity contribution < 1.29 is 18.0 Å². The fourth-order valence-corrected chi connectivity index (χ4v) is 5.69. The first-order valence-corrected chi connectivity index (χ1v) is 14.7. The standard InChI is InChI=1S/C28H33Cl2N3O4S/c1-5-19(3)31-28(35)26(6-2)33(17-22-11-13-23(29)16-25(22)30)27(34)18-32(4)38(36,37)24-14-12-20-9-7-8-10-21(20)15-24/h7-16,19,26H,5-6,17-18H2,1-4H3,(H,31,35)/t19-,26-/m1/s1. The molecule has 0 unspecified atom stereocenters. The molecule has 0 aliphatic heterocycles. The number of carbonyl (C=O) groups is 2. The average molecular weight is 579 g/mol. The van der Waals surface area contributed by atoms with Gasteiger partial charge in [-0.2, -0.15) is 4.31 Å². The Kier molecular flexibility index (Phi) is 10.2. The van der Waals surface area contributed by atoms with Gasteiger partial charge in [0.1, 0.15) is 6.04 Å². The van der Waals surface area contributed by atoms with Crippen LogP contribution in [0.1, 0.15) is 39.2 Å². The van der Waals surface area contributed by atoms with Gasteiger partial charge in [0.15, 0.2) is 0 Å². The zero-order chi connectivity index (χ0) is 28.0. The first-order valence-electron chi connectivity index (χ1n) is 12.5. The summed E-state index contributed by atoms with van der Waals surface area (Å²) in [7, 11) is -2.62. The number of hydrogen-bond donors (Lipinski definition) is 1. The van der Waals surface area contributed by atoms with Gasteiger partial charge < -0.3 is 10.2 Å². The van der Waals surface area contributed by atoms with Crippen molar-refractivity contribution in [1.82, 2.24) is 14.5 Å². The van der Waals surface area contributed by atoms with E-state index in [-0.39, 0.29) is 23.4 Å². The first kappa shape index (κ1) is 29.9. The molecule has 38 heavy (non-hydrogen) atoms. The molecule has 0 heterocycles. The van der Waals surface area contributed by atoms with E-state index >= 15 is 0 Å². The smallest absolute Gasteiger partial charge is 0.243 e. The quantitative estimate of drug-likeness (QED) is 0.326. The van der Waals surface area contributed by atoms with E-state index < -0.39 is 28.5 Å². The molecule has 10 heteroatoms. The van der Waals surface area contributed by atoms with Crippen molar-refractivity contribution in [3.63, 3.8) is 0 Å². The van der Waals surface area contributed by atoms with Crippen molar-refractivity contribution in [2.24, 2.45) is 0 Å². The van der Waals surface area contributed by atoms with E-state index in [1.165, 1.54) is 18.0 Å². The molecule has 7 nitrogen and oxygen atoms in total. The molecular weight excluding hydrogens is 545 g/mol. The van der Waals surface area contributed by atoms with Gasteiger partial charge >= 0.3 is 0 Å². The predicted molar refractivity (Wildman–Crippen MR) is 153 cm³/mol. The third kappa shape index (κ3) is 7.05. The molecule has 0 spiro atoms. The maximum absolute atomic E-state index is 13.7. The van der Waals surface area contributed by atoms with Crippen molar-refractivity contribution in [2.45, 2.75) is 57.1 Å². The highest BCUT2D eigenvalue weighted by atomic mass is 35.5. The molecule has 1 N–H and O–H groups in total. The number of nitrogens with zero attached hydrogens (tertiary/aromatic N) is 2. The highest BCUT2D eigenvalue weighted by Crippen LogP contribution is 2.25. The topological polar surface area (TPSA) is 86.8 Å². The number of benzene rings is 3. The second-order valence-corrected chi connectivity index (χ2v) is 12.2.